The van der Waals surface area contributed by atoms with Gasteiger partial charge in [-0.2, -0.15) is 5.10 Å². The van der Waals surface area contributed by atoms with Gasteiger partial charge in [-0.25, -0.2) is 14.6 Å². The largest absolute Gasteiger partial charge is 0.500 e. The highest BCUT2D eigenvalue weighted by molar-refractivity contribution is 5.80. The van der Waals surface area contributed by atoms with E-state index in [9.17, 15) is 5.11 Å². The average molecular weight is 413 g/mol. The van der Waals surface area contributed by atoms with E-state index < -0.39 is 0 Å². The predicted octanol–water partition coefficient (Wildman–Crippen LogP) is 1.91. The Labute approximate surface area is 180 Å². The first-order valence-electron chi connectivity index (χ1n) is 10.4. The molecule has 0 aliphatic carbocycles. The normalized spacial score (nSPS) is 17.3. The lowest BCUT2D eigenvalue weighted by Gasteiger charge is -2.29. The highest BCUT2D eigenvalue weighted by Crippen LogP contribution is 2.19. The Morgan fingerprint density at radius 2 is 2.06 bits per heavy atom. The summed E-state index contributed by atoms with van der Waals surface area (Å²) in [5, 5.41) is 17.0. The van der Waals surface area contributed by atoms with Crippen molar-refractivity contribution in [1.82, 2.24) is 24.6 Å². The summed E-state index contributed by atoms with van der Waals surface area (Å²) in [6.45, 7) is 4.65. The van der Waals surface area contributed by atoms with Crippen LogP contribution in [-0.4, -0.2) is 42.8 Å². The Balaban J connectivity index is 1.24. The molecule has 156 valence electrons. The molecule has 1 N–H and O–H groups in total. The Hall–Kier alpha value is -3.63. The van der Waals surface area contributed by atoms with E-state index in [0.29, 0.717) is 10.6 Å². The van der Waals surface area contributed by atoms with Gasteiger partial charge in [-0.05, 0) is 44.8 Å². The average Bonchev–Trinajstić information content (AvgIpc) is 3.23. The summed E-state index contributed by atoms with van der Waals surface area (Å²) < 4.78 is 6.82. The number of aryl methyl sites for hydroxylation is 1. The van der Waals surface area contributed by atoms with E-state index in [1.807, 2.05) is 25.1 Å². The van der Waals surface area contributed by atoms with Crippen LogP contribution >= 0.6 is 0 Å². The molecule has 2 aliphatic heterocycles. The fourth-order valence-corrected chi connectivity index (χ4v) is 4.03. The summed E-state index contributed by atoms with van der Waals surface area (Å²) in [5.41, 5.74) is 2.02. The molecule has 1 aromatic carbocycles. The van der Waals surface area contributed by atoms with Gasteiger partial charge in [0.1, 0.15) is 23.7 Å². The smallest absolute Gasteiger partial charge is 0.178 e. The molecule has 4 heterocycles. The number of aromatic nitrogens is 4. The minimum absolute atomic E-state index is 0.0267. The zero-order chi connectivity index (χ0) is 21.2. The first kappa shape index (κ1) is 19.3. The molecule has 0 unspecified atom stereocenters. The Morgan fingerprint density at radius 3 is 2.94 bits per heavy atom. The van der Waals surface area contributed by atoms with Crippen LogP contribution in [-0.2, 0) is 11.3 Å². The van der Waals surface area contributed by atoms with Crippen molar-refractivity contribution in [2.45, 2.75) is 26.3 Å². The van der Waals surface area contributed by atoms with Gasteiger partial charge in [0.15, 0.2) is 5.76 Å². The standard InChI is InChI=1S/C24H23N5O2/c1-17-19-4-2-3-5-21(19)27-24(26-17)15-28-10-8-18(9-11-28)6-7-23(30)20-14-25-29-12-13-31-16-22(20)29/h2-5,12-14,16,18,30H,8-11,15H2,1H3. The van der Waals surface area contributed by atoms with Gasteiger partial charge in [-0.1, -0.05) is 24.1 Å². The first-order valence-corrected chi connectivity index (χ1v) is 10.4. The van der Waals surface area contributed by atoms with Gasteiger partial charge in [0, 0.05) is 17.0 Å². The van der Waals surface area contributed by atoms with Gasteiger partial charge >= 0.3 is 0 Å². The van der Waals surface area contributed by atoms with Crippen LogP contribution in [0.1, 0.15) is 24.4 Å². The molecule has 31 heavy (non-hydrogen) atoms. The van der Waals surface area contributed by atoms with Crippen LogP contribution in [0.3, 0.4) is 0 Å². The summed E-state index contributed by atoms with van der Waals surface area (Å²) in [5.74, 6) is 7.30. The molecular formula is C24H23N5O2. The second-order valence-electron chi connectivity index (χ2n) is 7.84. The quantitative estimate of drug-likeness (QED) is 0.647. The maximum absolute atomic E-state index is 10.4. The van der Waals surface area contributed by atoms with Gasteiger partial charge in [-0.15, -0.1) is 0 Å². The first-order chi connectivity index (χ1) is 15.2. The lowest BCUT2D eigenvalue weighted by atomic mass is 9.97. The second-order valence-corrected chi connectivity index (χ2v) is 7.84. The Kier molecular flexibility index (Phi) is 5.14. The fourth-order valence-electron chi connectivity index (χ4n) is 4.03. The van der Waals surface area contributed by atoms with Gasteiger partial charge in [-0.3, -0.25) is 4.90 Å². The van der Waals surface area contributed by atoms with E-state index in [1.54, 1.807) is 23.3 Å². The Bertz CT molecular complexity index is 1340. The molecule has 7 heteroatoms. The van der Waals surface area contributed by atoms with Crippen molar-refractivity contribution < 1.29 is 9.84 Å². The van der Waals surface area contributed by atoms with Gasteiger partial charge in [0.25, 0.3) is 0 Å². The van der Waals surface area contributed by atoms with Crippen LogP contribution in [0, 0.1) is 24.7 Å². The number of hydrogen-bond donors (Lipinski definition) is 1. The topological polar surface area (TPSA) is 76.3 Å². The number of rotatable bonds is 2. The lowest BCUT2D eigenvalue weighted by molar-refractivity contribution is 0.194. The SMILES string of the molecule is Cc1nc(CN2CCC(C#CC(O)=c3cnn4c3=COC=C4)CC2)nc2ccccc12. The number of nitrogens with zero attached hydrogens (tertiary/aromatic N) is 5. The molecule has 1 fully saturated rings. The van der Waals surface area contributed by atoms with Gasteiger partial charge in [0.05, 0.1) is 29.7 Å². The zero-order valence-corrected chi connectivity index (χ0v) is 17.3. The predicted molar refractivity (Wildman–Crippen MR) is 118 cm³/mol. The van der Waals surface area contributed by atoms with Crippen molar-refractivity contribution >= 4 is 29.1 Å². The van der Waals surface area contributed by atoms with Crippen LogP contribution in [0.15, 0.2) is 36.7 Å². The number of piperidine rings is 1. The summed E-state index contributed by atoms with van der Waals surface area (Å²) >= 11 is 0. The van der Waals surface area contributed by atoms with E-state index in [0.717, 1.165) is 54.9 Å². The number of hydrogen-bond acceptors (Lipinski definition) is 6. The van der Waals surface area contributed by atoms with Crippen molar-refractivity contribution in [2.24, 2.45) is 5.92 Å². The lowest BCUT2D eigenvalue weighted by Crippen LogP contribution is -2.33. The maximum atomic E-state index is 10.4. The molecule has 0 saturated carbocycles. The molecule has 5 rings (SSSR count). The van der Waals surface area contributed by atoms with Crippen LogP contribution in [0.25, 0.3) is 29.1 Å². The zero-order valence-electron chi connectivity index (χ0n) is 17.3. The van der Waals surface area contributed by atoms with E-state index in [-0.39, 0.29) is 11.7 Å². The van der Waals surface area contributed by atoms with Crippen LogP contribution in [0.4, 0.5) is 0 Å². The monoisotopic (exact) mass is 413 g/mol. The van der Waals surface area contributed by atoms with Crippen LogP contribution in [0.5, 0.6) is 0 Å². The third-order valence-corrected chi connectivity index (χ3v) is 5.74. The molecule has 0 radical (unpaired) electrons. The number of aliphatic hydroxyl groups excluding tert-OH is 1. The van der Waals surface area contributed by atoms with Crippen molar-refractivity contribution in [2.75, 3.05) is 13.1 Å². The molecule has 0 amide bonds. The molecule has 0 bridgehead atoms. The highest BCUT2D eigenvalue weighted by Gasteiger charge is 2.19. The van der Waals surface area contributed by atoms with Gasteiger partial charge in [0.2, 0.25) is 0 Å². The molecule has 0 spiro atoms. The number of fused-ring (bicyclic) bond motifs is 2. The fraction of sp³-hybridized carbons (Fsp3) is 0.292. The summed E-state index contributed by atoms with van der Waals surface area (Å²) in [6.07, 6.45) is 8.28. The van der Waals surface area contributed by atoms with E-state index in [1.165, 1.54) is 6.26 Å². The minimum atomic E-state index is 0.0267. The molecular weight excluding hydrogens is 390 g/mol. The van der Waals surface area contributed by atoms with E-state index in [4.69, 9.17) is 14.7 Å². The van der Waals surface area contributed by atoms with Crippen molar-refractivity contribution in [3.05, 3.63) is 58.8 Å². The van der Waals surface area contributed by atoms with Crippen molar-refractivity contribution in [3.8, 4) is 11.8 Å². The third kappa shape index (κ3) is 4.03. The summed E-state index contributed by atoms with van der Waals surface area (Å²) in [6, 6.07) is 8.13. The molecule has 0 atom stereocenters. The highest BCUT2D eigenvalue weighted by atomic mass is 16.5. The number of para-hydroxylation sites is 1. The molecule has 2 aliphatic rings. The molecule has 7 nitrogen and oxygen atoms in total. The maximum Gasteiger partial charge on any atom is 0.178 e. The summed E-state index contributed by atoms with van der Waals surface area (Å²) in [7, 11) is 0. The Morgan fingerprint density at radius 1 is 1.23 bits per heavy atom. The number of ether oxygens (including phenoxy) is 1. The second kappa shape index (κ2) is 8.25. The summed E-state index contributed by atoms with van der Waals surface area (Å²) in [4.78, 5) is 11.8. The molecule has 3 aromatic rings. The third-order valence-electron chi connectivity index (χ3n) is 5.74. The number of benzene rings is 1. The van der Waals surface area contributed by atoms with Crippen LogP contribution < -0.4 is 10.6 Å². The van der Waals surface area contributed by atoms with Crippen LogP contribution in [0.2, 0.25) is 0 Å². The molecule has 1 saturated heterocycles. The van der Waals surface area contributed by atoms with E-state index in [2.05, 4.69) is 27.9 Å². The molecule has 2 aromatic heterocycles. The van der Waals surface area contributed by atoms with E-state index >= 15 is 0 Å². The number of likely N-dealkylation sites (tertiary alicyclic amines) is 1. The van der Waals surface area contributed by atoms with Gasteiger partial charge < -0.3 is 9.84 Å². The van der Waals surface area contributed by atoms with Crippen molar-refractivity contribution in [3.63, 3.8) is 0 Å². The van der Waals surface area contributed by atoms with Crippen molar-refractivity contribution in [1.29, 1.82) is 0 Å². The number of aliphatic hydroxyl groups is 1. The minimum Gasteiger partial charge on any atom is -0.500 e.